The van der Waals surface area contributed by atoms with Gasteiger partial charge in [-0.2, -0.15) is 0 Å². The van der Waals surface area contributed by atoms with Gasteiger partial charge in [0.1, 0.15) is 12.4 Å². The van der Waals surface area contributed by atoms with Crippen LogP contribution in [-0.4, -0.2) is 5.05 Å². The average Bonchev–Trinajstić information content (AvgIpc) is 2.52. The lowest BCUT2D eigenvalue weighted by Gasteiger charge is -2.01. The van der Waals surface area contributed by atoms with Crippen molar-refractivity contribution < 1.29 is 9.15 Å². The van der Waals surface area contributed by atoms with E-state index in [0.717, 1.165) is 12.2 Å². The number of rotatable bonds is 3. The van der Waals surface area contributed by atoms with Crippen molar-refractivity contribution in [2.75, 3.05) is 0 Å². The van der Waals surface area contributed by atoms with E-state index in [4.69, 9.17) is 21.4 Å². The van der Waals surface area contributed by atoms with Crippen molar-refractivity contribution in [1.29, 1.82) is 0 Å². The first kappa shape index (κ1) is 8.27. The van der Waals surface area contributed by atoms with Crippen molar-refractivity contribution in [2.45, 2.75) is 20.0 Å². The molecular formula is C8H10O2S. The topological polar surface area (TPSA) is 22.4 Å². The fraction of sp³-hybridized carbons (Fsp3) is 0.375. The van der Waals surface area contributed by atoms with E-state index in [9.17, 15) is 0 Å². The zero-order valence-electron chi connectivity index (χ0n) is 6.37. The molecule has 0 spiro atoms. The van der Waals surface area contributed by atoms with E-state index in [0.29, 0.717) is 11.7 Å². The van der Waals surface area contributed by atoms with Crippen molar-refractivity contribution in [3.63, 3.8) is 0 Å². The third-order valence-corrected chi connectivity index (χ3v) is 1.65. The van der Waals surface area contributed by atoms with Crippen LogP contribution in [0.4, 0.5) is 0 Å². The van der Waals surface area contributed by atoms with E-state index < -0.39 is 0 Å². The van der Waals surface area contributed by atoms with Crippen LogP contribution in [0.25, 0.3) is 0 Å². The van der Waals surface area contributed by atoms with Gasteiger partial charge in [-0.3, -0.25) is 0 Å². The molecule has 0 atom stereocenters. The number of hydrogen-bond donors (Lipinski definition) is 0. The molecule has 1 heterocycles. The van der Waals surface area contributed by atoms with Gasteiger partial charge in [0, 0.05) is 6.42 Å². The van der Waals surface area contributed by atoms with Gasteiger partial charge in [-0.05, 0) is 24.4 Å². The Balaban J connectivity index is 2.29. The maximum atomic E-state index is 5.17. The summed E-state index contributed by atoms with van der Waals surface area (Å²) in [6.45, 7) is 2.41. The predicted octanol–water partition coefficient (Wildman–Crippen LogP) is 2.53. The molecule has 3 heteroatoms. The smallest absolute Gasteiger partial charge is 0.160 e. The van der Waals surface area contributed by atoms with Crippen LogP contribution < -0.4 is 0 Å². The Hall–Kier alpha value is -0.830. The molecule has 0 fully saturated rings. The maximum Gasteiger partial charge on any atom is 0.160 e. The number of thiocarbonyl (C=S) groups is 1. The third kappa shape index (κ3) is 2.72. The second kappa shape index (κ2) is 4.13. The zero-order chi connectivity index (χ0) is 8.10. The molecule has 0 radical (unpaired) electrons. The first-order valence-corrected chi connectivity index (χ1v) is 3.91. The van der Waals surface area contributed by atoms with Crippen molar-refractivity contribution in [3.05, 3.63) is 24.2 Å². The first-order valence-electron chi connectivity index (χ1n) is 3.51. The van der Waals surface area contributed by atoms with Gasteiger partial charge in [0.2, 0.25) is 0 Å². The largest absolute Gasteiger partial charge is 0.479 e. The monoisotopic (exact) mass is 170 g/mol. The Bertz CT molecular complexity index is 216. The predicted molar refractivity (Wildman–Crippen MR) is 46.4 cm³/mol. The van der Waals surface area contributed by atoms with E-state index >= 15 is 0 Å². The van der Waals surface area contributed by atoms with E-state index in [-0.39, 0.29) is 0 Å². The third-order valence-electron chi connectivity index (χ3n) is 1.24. The molecule has 60 valence electrons. The lowest BCUT2D eigenvalue weighted by Crippen LogP contribution is -1.98. The van der Waals surface area contributed by atoms with Crippen molar-refractivity contribution in [3.8, 4) is 0 Å². The molecule has 0 bridgehead atoms. The summed E-state index contributed by atoms with van der Waals surface area (Å²) in [5.41, 5.74) is 0. The normalized spacial score (nSPS) is 9.55. The van der Waals surface area contributed by atoms with Crippen LogP contribution in [0.3, 0.4) is 0 Å². The van der Waals surface area contributed by atoms with Crippen LogP contribution >= 0.6 is 12.2 Å². The minimum atomic E-state index is 0.444. The summed E-state index contributed by atoms with van der Waals surface area (Å²) >= 11 is 4.86. The minimum absolute atomic E-state index is 0.444. The highest BCUT2D eigenvalue weighted by molar-refractivity contribution is 7.80. The summed E-state index contributed by atoms with van der Waals surface area (Å²) in [4.78, 5) is 0. The SMILES string of the molecule is CCC(=S)OCc1ccco1. The van der Waals surface area contributed by atoms with Gasteiger partial charge in [-0.1, -0.05) is 6.92 Å². The fourth-order valence-corrected chi connectivity index (χ4v) is 0.707. The van der Waals surface area contributed by atoms with Gasteiger partial charge in [0.15, 0.2) is 5.05 Å². The quantitative estimate of drug-likeness (QED) is 0.651. The molecule has 0 aromatic carbocycles. The van der Waals surface area contributed by atoms with Crippen molar-refractivity contribution in [2.24, 2.45) is 0 Å². The minimum Gasteiger partial charge on any atom is -0.479 e. The molecule has 1 aromatic rings. The van der Waals surface area contributed by atoms with E-state index in [2.05, 4.69) is 0 Å². The van der Waals surface area contributed by atoms with Gasteiger partial charge in [0.05, 0.1) is 6.26 Å². The molecule has 0 N–H and O–H groups in total. The fourth-order valence-electron chi connectivity index (χ4n) is 0.648. The molecule has 0 aliphatic carbocycles. The van der Waals surface area contributed by atoms with E-state index in [1.54, 1.807) is 6.26 Å². The van der Waals surface area contributed by atoms with Gasteiger partial charge < -0.3 is 9.15 Å². The molecule has 0 saturated heterocycles. The Morgan fingerprint density at radius 3 is 3.09 bits per heavy atom. The molecule has 0 aliphatic heterocycles. The summed E-state index contributed by atoms with van der Waals surface area (Å²) < 4.78 is 10.2. The lowest BCUT2D eigenvalue weighted by atomic mass is 10.5. The molecule has 0 saturated carbocycles. The van der Waals surface area contributed by atoms with Crippen LogP contribution in [0, 0.1) is 0 Å². The second-order valence-corrected chi connectivity index (χ2v) is 2.55. The van der Waals surface area contributed by atoms with Gasteiger partial charge >= 0.3 is 0 Å². The van der Waals surface area contributed by atoms with Crippen LogP contribution in [0.5, 0.6) is 0 Å². The Labute approximate surface area is 71.2 Å². The highest BCUT2D eigenvalue weighted by atomic mass is 32.1. The van der Waals surface area contributed by atoms with Crippen molar-refractivity contribution >= 4 is 17.3 Å². The number of furan rings is 1. The van der Waals surface area contributed by atoms with Gasteiger partial charge in [0.25, 0.3) is 0 Å². The lowest BCUT2D eigenvalue weighted by molar-refractivity contribution is 0.259. The second-order valence-electron chi connectivity index (χ2n) is 2.09. The molecule has 1 rings (SSSR count). The Morgan fingerprint density at radius 2 is 2.55 bits per heavy atom. The summed E-state index contributed by atoms with van der Waals surface area (Å²) in [5.74, 6) is 0.806. The zero-order valence-corrected chi connectivity index (χ0v) is 7.19. The summed E-state index contributed by atoms with van der Waals surface area (Å²) in [7, 11) is 0. The summed E-state index contributed by atoms with van der Waals surface area (Å²) in [5, 5.41) is 0.626. The van der Waals surface area contributed by atoms with Crippen LogP contribution in [0.15, 0.2) is 22.8 Å². The Kier molecular flexibility index (Phi) is 3.11. The van der Waals surface area contributed by atoms with E-state index in [1.165, 1.54) is 0 Å². The van der Waals surface area contributed by atoms with E-state index in [1.807, 2.05) is 19.1 Å². The van der Waals surface area contributed by atoms with Crippen LogP contribution in [0.2, 0.25) is 0 Å². The van der Waals surface area contributed by atoms with Crippen LogP contribution in [0.1, 0.15) is 19.1 Å². The molecule has 1 aromatic heterocycles. The average molecular weight is 170 g/mol. The molecule has 0 amide bonds. The maximum absolute atomic E-state index is 5.17. The van der Waals surface area contributed by atoms with Gasteiger partial charge in [-0.25, -0.2) is 0 Å². The molecule has 2 nitrogen and oxygen atoms in total. The standard InChI is InChI=1S/C8H10O2S/c1-2-8(11)10-6-7-4-3-5-9-7/h3-5H,2,6H2,1H3. The molecule has 0 unspecified atom stereocenters. The van der Waals surface area contributed by atoms with Crippen LogP contribution in [-0.2, 0) is 11.3 Å². The highest BCUT2D eigenvalue weighted by Crippen LogP contribution is 2.02. The summed E-state index contributed by atoms with van der Waals surface area (Å²) in [6, 6.07) is 3.69. The first-order chi connectivity index (χ1) is 5.33. The molecule has 11 heavy (non-hydrogen) atoms. The number of hydrogen-bond acceptors (Lipinski definition) is 3. The summed E-state index contributed by atoms with van der Waals surface area (Å²) in [6.07, 6.45) is 2.39. The van der Waals surface area contributed by atoms with Crippen molar-refractivity contribution in [1.82, 2.24) is 0 Å². The highest BCUT2D eigenvalue weighted by Gasteiger charge is 1.97. The molecule has 0 aliphatic rings. The van der Waals surface area contributed by atoms with Gasteiger partial charge in [-0.15, -0.1) is 0 Å². The Morgan fingerprint density at radius 1 is 1.73 bits per heavy atom. The molecular weight excluding hydrogens is 160 g/mol. The number of ether oxygens (including phenoxy) is 1.